The molecule has 21 heavy (non-hydrogen) atoms. The van der Waals surface area contributed by atoms with E-state index in [1.165, 1.54) is 17.0 Å². The number of rotatable bonds is 5. The highest BCUT2D eigenvalue weighted by Crippen LogP contribution is 2.20. The molecule has 1 atom stereocenters. The van der Waals surface area contributed by atoms with E-state index in [-0.39, 0.29) is 23.1 Å². The van der Waals surface area contributed by atoms with Crippen LogP contribution in [0.2, 0.25) is 0 Å². The monoisotopic (exact) mass is 310 g/mol. The maximum atomic E-state index is 12.1. The highest BCUT2D eigenvalue weighted by atomic mass is 32.2. The molecule has 2 rings (SSSR count). The maximum absolute atomic E-state index is 12.1. The van der Waals surface area contributed by atoms with Crippen molar-refractivity contribution in [3.8, 4) is 0 Å². The van der Waals surface area contributed by atoms with E-state index < -0.39 is 15.9 Å². The van der Waals surface area contributed by atoms with Crippen LogP contribution in [0.3, 0.4) is 0 Å². The third kappa shape index (κ3) is 3.41. The summed E-state index contributed by atoms with van der Waals surface area (Å²) in [5.41, 5.74) is 0.617. The Labute approximate surface area is 124 Å². The van der Waals surface area contributed by atoms with E-state index in [1.807, 2.05) is 6.92 Å². The topological polar surface area (TPSA) is 83.6 Å². The summed E-state index contributed by atoms with van der Waals surface area (Å²) in [6.45, 7) is 2.34. The van der Waals surface area contributed by atoms with Crippen molar-refractivity contribution >= 4 is 27.3 Å². The summed E-state index contributed by atoms with van der Waals surface area (Å²) in [5.74, 6) is -0.402. The largest absolute Gasteiger partial charge is 0.373 e. The van der Waals surface area contributed by atoms with E-state index in [1.54, 1.807) is 12.1 Å². The fourth-order valence-corrected chi connectivity index (χ4v) is 2.88. The first-order chi connectivity index (χ1) is 9.82. The van der Waals surface area contributed by atoms with Gasteiger partial charge in [0.1, 0.15) is 6.04 Å². The number of hydrogen-bond acceptors (Lipinski definition) is 5. The van der Waals surface area contributed by atoms with Crippen LogP contribution in [0.5, 0.6) is 0 Å². The molecule has 1 N–H and O–H groups in total. The first-order valence-corrected chi connectivity index (χ1v) is 8.63. The Morgan fingerprint density at radius 3 is 2.38 bits per heavy atom. The van der Waals surface area contributed by atoms with Crippen LogP contribution in [0.15, 0.2) is 29.2 Å². The van der Waals surface area contributed by atoms with Crippen molar-refractivity contribution in [1.29, 1.82) is 0 Å². The van der Waals surface area contributed by atoms with Crippen LogP contribution >= 0.6 is 0 Å². The number of hydrogen-bond donors (Lipinski definition) is 1. The fourth-order valence-electron chi connectivity index (χ4n) is 2.25. The second-order valence-corrected chi connectivity index (χ2v) is 7.10. The molecule has 1 aliphatic heterocycles. The molecule has 1 unspecified atom stereocenters. The van der Waals surface area contributed by atoms with Gasteiger partial charge >= 0.3 is 0 Å². The van der Waals surface area contributed by atoms with Gasteiger partial charge in [0.2, 0.25) is 5.91 Å². The maximum Gasteiger partial charge on any atom is 0.252 e. The lowest BCUT2D eigenvalue weighted by atomic mass is 10.2. The predicted molar refractivity (Wildman–Crippen MR) is 78.6 cm³/mol. The molecule has 0 radical (unpaired) electrons. The summed E-state index contributed by atoms with van der Waals surface area (Å²) in [6, 6.07) is 5.56. The van der Waals surface area contributed by atoms with Gasteiger partial charge in [0.05, 0.1) is 11.3 Å². The lowest BCUT2D eigenvalue weighted by Crippen LogP contribution is -2.35. The zero-order valence-corrected chi connectivity index (χ0v) is 12.8. The number of sulfone groups is 1. The number of likely N-dealkylation sites (tertiary alicyclic amines) is 1. The normalized spacial score (nSPS) is 19.1. The smallest absolute Gasteiger partial charge is 0.252 e. The molecule has 0 saturated carbocycles. The summed E-state index contributed by atoms with van der Waals surface area (Å²) < 4.78 is 22.7. The number of amides is 2. The van der Waals surface area contributed by atoms with Crippen LogP contribution < -0.4 is 5.32 Å². The highest BCUT2D eigenvalue weighted by Gasteiger charge is 2.37. The van der Waals surface area contributed by atoms with E-state index in [4.69, 9.17) is 0 Å². The van der Waals surface area contributed by atoms with Crippen LogP contribution in [-0.4, -0.2) is 44.0 Å². The van der Waals surface area contributed by atoms with Gasteiger partial charge in [-0.1, -0.05) is 6.92 Å². The van der Waals surface area contributed by atoms with Gasteiger partial charge in [0.15, 0.2) is 9.84 Å². The molecule has 114 valence electrons. The van der Waals surface area contributed by atoms with Gasteiger partial charge in [-0.15, -0.1) is 0 Å². The van der Waals surface area contributed by atoms with Crippen LogP contribution in [0.1, 0.15) is 19.8 Å². The van der Waals surface area contributed by atoms with Crippen LogP contribution in [0.4, 0.5) is 5.69 Å². The van der Waals surface area contributed by atoms with E-state index in [0.717, 1.165) is 12.7 Å². The highest BCUT2D eigenvalue weighted by molar-refractivity contribution is 7.90. The SMILES string of the molecule is CCCN1C(=O)CC(Nc2ccc(S(C)(=O)=O)cc2)C1=O. The number of nitrogens with one attached hydrogen (secondary N) is 1. The molecule has 0 bridgehead atoms. The van der Waals surface area contributed by atoms with Gasteiger partial charge in [-0.25, -0.2) is 8.42 Å². The Morgan fingerprint density at radius 2 is 1.86 bits per heavy atom. The fraction of sp³-hybridized carbons (Fsp3) is 0.429. The minimum atomic E-state index is -3.24. The lowest BCUT2D eigenvalue weighted by Gasteiger charge is -2.15. The molecule has 0 aliphatic carbocycles. The number of nitrogens with zero attached hydrogens (tertiary/aromatic N) is 1. The lowest BCUT2D eigenvalue weighted by molar-refractivity contribution is -0.138. The Bertz CT molecular complexity index is 652. The number of anilines is 1. The van der Waals surface area contributed by atoms with Crippen molar-refractivity contribution in [3.05, 3.63) is 24.3 Å². The number of benzene rings is 1. The van der Waals surface area contributed by atoms with Gasteiger partial charge in [0.25, 0.3) is 5.91 Å². The first-order valence-electron chi connectivity index (χ1n) is 6.74. The van der Waals surface area contributed by atoms with Crippen molar-refractivity contribution < 1.29 is 18.0 Å². The second-order valence-electron chi connectivity index (χ2n) is 5.08. The molecule has 1 heterocycles. The molecule has 1 saturated heterocycles. The molecular weight excluding hydrogens is 292 g/mol. The van der Waals surface area contributed by atoms with Gasteiger partial charge < -0.3 is 5.32 Å². The van der Waals surface area contributed by atoms with Crippen LogP contribution in [-0.2, 0) is 19.4 Å². The van der Waals surface area contributed by atoms with E-state index in [0.29, 0.717) is 12.2 Å². The molecule has 7 heteroatoms. The summed E-state index contributed by atoms with van der Waals surface area (Å²) in [5, 5.41) is 2.98. The summed E-state index contributed by atoms with van der Waals surface area (Å²) in [7, 11) is -3.24. The Kier molecular flexibility index (Phi) is 4.32. The van der Waals surface area contributed by atoms with Gasteiger partial charge in [-0.3, -0.25) is 14.5 Å². The third-order valence-corrected chi connectivity index (χ3v) is 4.44. The molecule has 1 fully saturated rings. The van der Waals surface area contributed by atoms with Crippen molar-refractivity contribution in [3.63, 3.8) is 0 Å². The molecule has 0 aromatic heterocycles. The van der Waals surface area contributed by atoms with Crippen LogP contribution in [0, 0.1) is 0 Å². The zero-order chi connectivity index (χ0) is 15.6. The van der Waals surface area contributed by atoms with Gasteiger partial charge in [0, 0.05) is 18.5 Å². The summed E-state index contributed by atoms with van der Waals surface area (Å²) in [6.07, 6.45) is 2.00. The number of imide groups is 1. The molecular formula is C14H18N2O4S. The minimum Gasteiger partial charge on any atom is -0.373 e. The standard InChI is InChI=1S/C14H18N2O4S/c1-3-8-16-13(17)9-12(14(16)18)15-10-4-6-11(7-5-10)21(2,19)20/h4-7,12,15H,3,8-9H2,1-2H3. The third-order valence-electron chi connectivity index (χ3n) is 3.31. The Balaban J connectivity index is 2.09. The molecule has 0 spiro atoms. The average molecular weight is 310 g/mol. The number of carbonyl (C=O) groups excluding carboxylic acids is 2. The Hall–Kier alpha value is -1.89. The van der Waals surface area contributed by atoms with E-state index in [2.05, 4.69) is 5.32 Å². The predicted octanol–water partition coefficient (Wildman–Crippen LogP) is 1.04. The van der Waals surface area contributed by atoms with Gasteiger partial charge in [-0.2, -0.15) is 0 Å². The molecule has 1 aromatic carbocycles. The van der Waals surface area contributed by atoms with Crippen LogP contribution in [0.25, 0.3) is 0 Å². The van der Waals surface area contributed by atoms with Crippen molar-refractivity contribution in [2.24, 2.45) is 0 Å². The quantitative estimate of drug-likeness (QED) is 0.822. The number of carbonyl (C=O) groups is 2. The second kappa shape index (κ2) is 5.85. The van der Waals surface area contributed by atoms with E-state index in [9.17, 15) is 18.0 Å². The van der Waals surface area contributed by atoms with E-state index >= 15 is 0 Å². The molecule has 6 nitrogen and oxygen atoms in total. The molecule has 2 amide bonds. The first kappa shape index (κ1) is 15.5. The average Bonchev–Trinajstić information content (AvgIpc) is 2.66. The summed E-state index contributed by atoms with van der Waals surface area (Å²) >= 11 is 0. The van der Waals surface area contributed by atoms with Crippen molar-refractivity contribution in [2.75, 3.05) is 18.1 Å². The minimum absolute atomic E-state index is 0.132. The Morgan fingerprint density at radius 1 is 1.24 bits per heavy atom. The van der Waals surface area contributed by atoms with Crippen molar-refractivity contribution in [2.45, 2.75) is 30.7 Å². The summed E-state index contributed by atoms with van der Waals surface area (Å²) in [4.78, 5) is 25.3. The zero-order valence-electron chi connectivity index (χ0n) is 12.0. The van der Waals surface area contributed by atoms with Crippen molar-refractivity contribution in [1.82, 2.24) is 4.90 Å². The van der Waals surface area contributed by atoms with Gasteiger partial charge in [-0.05, 0) is 30.7 Å². The molecule has 1 aliphatic rings. The molecule has 1 aromatic rings.